The van der Waals surface area contributed by atoms with Gasteiger partial charge in [-0.25, -0.2) is 0 Å². The second-order valence-electron chi connectivity index (χ2n) is 7.12. The number of benzene rings is 2. The molecule has 132 valence electrons. The molecule has 0 aliphatic carbocycles. The van der Waals surface area contributed by atoms with Crippen molar-refractivity contribution in [1.29, 1.82) is 0 Å². The molecular weight excluding hydrogens is 312 g/mol. The number of Topliss-reactive ketones (excluding diaryl/α,β-unsaturated/α-hetero) is 1. The fraction of sp³-hybridized carbons (Fsp3) is 0.381. The molecule has 1 saturated heterocycles. The summed E-state index contributed by atoms with van der Waals surface area (Å²) in [6.45, 7) is 7.89. The van der Waals surface area contributed by atoms with Crippen LogP contribution in [0.25, 0.3) is 0 Å². The van der Waals surface area contributed by atoms with Crippen molar-refractivity contribution in [3.63, 3.8) is 0 Å². The van der Waals surface area contributed by atoms with E-state index in [0.29, 0.717) is 0 Å². The maximum absolute atomic E-state index is 13.0. The van der Waals surface area contributed by atoms with Gasteiger partial charge in [-0.05, 0) is 57.3 Å². The molecule has 2 aromatic carbocycles. The third-order valence-electron chi connectivity index (χ3n) is 4.94. The monoisotopic (exact) mass is 338 g/mol. The quantitative estimate of drug-likeness (QED) is 0.779. The molecule has 0 unspecified atom stereocenters. The van der Waals surface area contributed by atoms with Crippen LogP contribution in [0.4, 0.5) is 0 Å². The predicted octanol–water partition coefficient (Wildman–Crippen LogP) is 3.69. The van der Waals surface area contributed by atoms with Crippen LogP contribution in [0.2, 0.25) is 0 Å². The van der Waals surface area contributed by atoms with E-state index in [1.54, 1.807) is 0 Å². The number of para-hydroxylation sites is 1. The molecule has 4 nitrogen and oxygen atoms in total. The van der Waals surface area contributed by atoms with Crippen LogP contribution in [0.3, 0.4) is 0 Å². The first-order chi connectivity index (χ1) is 12.0. The van der Waals surface area contributed by atoms with Crippen LogP contribution in [0, 0.1) is 0 Å². The van der Waals surface area contributed by atoms with Crippen LogP contribution < -0.4 is 4.74 Å². The summed E-state index contributed by atoms with van der Waals surface area (Å²) < 4.78 is 5.80. The number of ether oxygens (including phenoxy) is 1. The second kappa shape index (κ2) is 7.38. The predicted molar refractivity (Wildman–Crippen MR) is 100 cm³/mol. The van der Waals surface area contributed by atoms with Crippen molar-refractivity contribution < 1.29 is 9.53 Å². The van der Waals surface area contributed by atoms with E-state index in [2.05, 4.69) is 16.8 Å². The highest BCUT2D eigenvalue weighted by Crippen LogP contribution is 2.25. The van der Waals surface area contributed by atoms with Gasteiger partial charge in [0.25, 0.3) is 0 Å². The van der Waals surface area contributed by atoms with E-state index in [1.807, 2.05) is 68.4 Å². The number of hydrogen-bond acceptors (Lipinski definition) is 4. The number of carbonyl (C=O) groups excluding carboxylic acids is 1. The van der Waals surface area contributed by atoms with Crippen LogP contribution in [0.5, 0.6) is 11.5 Å². The van der Waals surface area contributed by atoms with Gasteiger partial charge in [0.05, 0.1) is 5.54 Å². The fourth-order valence-electron chi connectivity index (χ4n) is 3.16. The molecule has 1 aliphatic rings. The molecule has 25 heavy (non-hydrogen) atoms. The summed E-state index contributed by atoms with van der Waals surface area (Å²) in [6.07, 6.45) is 0. The van der Waals surface area contributed by atoms with Crippen molar-refractivity contribution in [3.8, 4) is 11.5 Å². The lowest BCUT2D eigenvalue weighted by molar-refractivity contribution is 0.0463. The van der Waals surface area contributed by atoms with E-state index in [1.165, 1.54) is 0 Å². The Kier molecular flexibility index (Phi) is 5.21. The Balaban J connectivity index is 1.69. The molecule has 1 fully saturated rings. The van der Waals surface area contributed by atoms with Gasteiger partial charge in [-0.15, -0.1) is 0 Å². The standard InChI is InChI=1S/C21H26N2O2/c1-21(2,23-15-13-22(3)14-16-23)20(24)17-9-11-19(12-10-17)25-18-7-5-4-6-8-18/h4-12H,13-16H2,1-3H3. The van der Waals surface area contributed by atoms with Gasteiger partial charge in [-0.3, -0.25) is 9.69 Å². The van der Waals surface area contributed by atoms with Gasteiger partial charge in [-0.2, -0.15) is 0 Å². The Morgan fingerprint density at radius 2 is 1.44 bits per heavy atom. The number of hydrogen-bond donors (Lipinski definition) is 0. The zero-order valence-electron chi connectivity index (χ0n) is 15.2. The van der Waals surface area contributed by atoms with Crippen LogP contribution >= 0.6 is 0 Å². The zero-order chi connectivity index (χ0) is 17.9. The highest BCUT2D eigenvalue weighted by Gasteiger charge is 2.36. The third kappa shape index (κ3) is 4.09. The van der Waals surface area contributed by atoms with Gasteiger partial charge in [0.15, 0.2) is 5.78 Å². The summed E-state index contributed by atoms with van der Waals surface area (Å²) in [6, 6.07) is 17.1. The highest BCUT2D eigenvalue weighted by molar-refractivity contribution is 6.02. The molecule has 0 spiro atoms. The fourth-order valence-corrected chi connectivity index (χ4v) is 3.16. The van der Waals surface area contributed by atoms with Crippen molar-refractivity contribution >= 4 is 5.78 Å². The molecule has 1 heterocycles. The van der Waals surface area contributed by atoms with E-state index in [4.69, 9.17) is 4.74 Å². The Labute approximate surface area is 150 Å². The smallest absolute Gasteiger partial charge is 0.182 e. The van der Waals surface area contributed by atoms with E-state index in [9.17, 15) is 4.79 Å². The van der Waals surface area contributed by atoms with Crippen LogP contribution in [-0.4, -0.2) is 54.3 Å². The number of piperazine rings is 1. The van der Waals surface area contributed by atoms with Crippen molar-refractivity contribution in [2.45, 2.75) is 19.4 Å². The maximum Gasteiger partial charge on any atom is 0.182 e. The minimum atomic E-state index is -0.497. The molecule has 0 saturated carbocycles. The molecular formula is C21H26N2O2. The van der Waals surface area contributed by atoms with Gasteiger partial charge in [-0.1, -0.05) is 18.2 Å². The molecule has 0 radical (unpaired) electrons. The van der Waals surface area contributed by atoms with Gasteiger partial charge in [0, 0.05) is 31.7 Å². The summed E-state index contributed by atoms with van der Waals surface area (Å²) >= 11 is 0. The number of carbonyl (C=O) groups is 1. The molecule has 0 amide bonds. The SMILES string of the molecule is CN1CCN(C(C)(C)C(=O)c2ccc(Oc3ccccc3)cc2)CC1. The molecule has 2 aromatic rings. The number of nitrogens with zero attached hydrogens (tertiary/aromatic N) is 2. The molecule has 0 bridgehead atoms. The topological polar surface area (TPSA) is 32.8 Å². The Morgan fingerprint density at radius 3 is 2.04 bits per heavy atom. The molecule has 0 N–H and O–H groups in total. The first-order valence-corrected chi connectivity index (χ1v) is 8.78. The highest BCUT2D eigenvalue weighted by atomic mass is 16.5. The van der Waals surface area contributed by atoms with E-state index in [-0.39, 0.29) is 5.78 Å². The Bertz CT molecular complexity index is 702. The number of rotatable bonds is 5. The van der Waals surface area contributed by atoms with Crippen LogP contribution in [0.1, 0.15) is 24.2 Å². The molecule has 4 heteroatoms. The van der Waals surface area contributed by atoms with Crippen LogP contribution in [-0.2, 0) is 0 Å². The molecule has 1 aliphatic heterocycles. The van der Waals surface area contributed by atoms with E-state index >= 15 is 0 Å². The normalized spacial score (nSPS) is 16.6. The summed E-state index contributed by atoms with van der Waals surface area (Å²) in [4.78, 5) is 17.6. The average Bonchev–Trinajstić information content (AvgIpc) is 2.63. The van der Waals surface area contributed by atoms with Crippen LogP contribution in [0.15, 0.2) is 54.6 Å². The summed E-state index contributed by atoms with van der Waals surface area (Å²) in [5.41, 5.74) is 0.229. The summed E-state index contributed by atoms with van der Waals surface area (Å²) in [5, 5.41) is 0. The average molecular weight is 338 g/mol. The number of ketones is 1. The lowest BCUT2D eigenvalue weighted by Crippen LogP contribution is -2.57. The lowest BCUT2D eigenvalue weighted by Gasteiger charge is -2.42. The Hall–Kier alpha value is -2.17. The first kappa shape index (κ1) is 17.6. The zero-order valence-corrected chi connectivity index (χ0v) is 15.2. The third-order valence-corrected chi connectivity index (χ3v) is 4.94. The minimum absolute atomic E-state index is 0.156. The summed E-state index contributed by atoms with van der Waals surface area (Å²) in [7, 11) is 2.12. The largest absolute Gasteiger partial charge is 0.457 e. The van der Waals surface area contributed by atoms with E-state index < -0.39 is 5.54 Å². The molecule has 0 aromatic heterocycles. The van der Waals surface area contributed by atoms with E-state index in [0.717, 1.165) is 43.2 Å². The molecule has 3 rings (SSSR count). The minimum Gasteiger partial charge on any atom is -0.457 e. The van der Waals surface area contributed by atoms with Gasteiger partial charge < -0.3 is 9.64 Å². The van der Waals surface area contributed by atoms with Gasteiger partial charge in [0.2, 0.25) is 0 Å². The van der Waals surface area contributed by atoms with Crippen molar-refractivity contribution in [2.75, 3.05) is 33.2 Å². The summed E-state index contributed by atoms with van der Waals surface area (Å²) in [5.74, 6) is 1.68. The molecule has 0 atom stereocenters. The van der Waals surface area contributed by atoms with Crippen molar-refractivity contribution in [2.24, 2.45) is 0 Å². The second-order valence-corrected chi connectivity index (χ2v) is 7.12. The number of likely N-dealkylation sites (N-methyl/N-ethyl adjacent to an activating group) is 1. The van der Waals surface area contributed by atoms with Crippen molar-refractivity contribution in [1.82, 2.24) is 9.80 Å². The maximum atomic E-state index is 13.0. The van der Waals surface area contributed by atoms with Gasteiger partial charge >= 0.3 is 0 Å². The Morgan fingerprint density at radius 1 is 0.880 bits per heavy atom. The van der Waals surface area contributed by atoms with Crippen molar-refractivity contribution in [3.05, 3.63) is 60.2 Å². The lowest BCUT2D eigenvalue weighted by atomic mass is 9.90. The van der Waals surface area contributed by atoms with Gasteiger partial charge in [0.1, 0.15) is 11.5 Å². The first-order valence-electron chi connectivity index (χ1n) is 8.78.